The minimum atomic E-state index is -0.305. The van der Waals surface area contributed by atoms with Gasteiger partial charge in [0.15, 0.2) is 5.78 Å². The Hall–Kier alpha value is -1.81. The van der Waals surface area contributed by atoms with Gasteiger partial charge in [0, 0.05) is 21.2 Å². The highest BCUT2D eigenvalue weighted by Gasteiger charge is 2.25. The van der Waals surface area contributed by atoms with E-state index in [1.807, 2.05) is 39.8 Å². The Balaban J connectivity index is 2.40. The lowest BCUT2D eigenvalue weighted by atomic mass is 9.84. The molecular formula is C19H20BrNO2. The van der Waals surface area contributed by atoms with Crippen LogP contribution in [0.5, 0.6) is 0 Å². The van der Waals surface area contributed by atoms with Crippen LogP contribution in [0.3, 0.4) is 0 Å². The number of hydrogen-bond donors (Lipinski definition) is 0. The van der Waals surface area contributed by atoms with Crippen molar-refractivity contribution in [1.29, 1.82) is 0 Å². The molecule has 0 radical (unpaired) electrons. The van der Waals surface area contributed by atoms with Crippen LogP contribution in [0, 0.1) is 11.8 Å². The van der Waals surface area contributed by atoms with Crippen molar-refractivity contribution in [2.24, 2.45) is 16.8 Å². The van der Waals surface area contributed by atoms with Gasteiger partial charge in [-0.2, -0.15) is 0 Å². The number of halogens is 1. The van der Waals surface area contributed by atoms with E-state index >= 15 is 0 Å². The van der Waals surface area contributed by atoms with E-state index in [4.69, 9.17) is 0 Å². The van der Waals surface area contributed by atoms with Crippen molar-refractivity contribution in [2.75, 3.05) is 0 Å². The number of amides is 1. The zero-order valence-corrected chi connectivity index (χ0v) is 15.3. The second-order valence-electron chi connectivity index (χ2n) is 6.19. The molecule has 0 N–H and O–H groups in total. The Labute approximate surface area is 145 Å². The smallest absolute Gasteiger partial charge is 0.277 e. The molecule has 3 nitrogen and oxygen atoms in total. The van der Waals surface area contributed by atoms with Gasteiger partial charge in [-0.3, -0.25) is 9.59 Å². The molecule has 120 valence electrons. The third-order valence-corrected chi connectivity index (χ3v) is 4.23. The molecule has 23 heavy (non-hydrogen) atoms. The van der Waals surface area contributed by atoms with Crippen molar-refractivity contribution in [2.45, 2.75) is 27.7 Å². The Morgan fingerprint density at radius 1 is 0.957 bits per heavy atom. The molecule has 0 unspecified atom stereocenters. The van der Waals surface area contributed by atoms with Gasteiger partial charge in [0.05, 0.1) is 5.71 Å². The molecule has 1 aliphatic rings. The lowest BCUT2D eigenvalue weighted by Gasteiger charge is -2.19. The van der Waals surface area contributed by atoms with Gasteiger partial charge in [-0.05, 0) is 48.3 Å². The first-order valence-corrected chi connectivity index (χ1v) is 8.45. The minimum Gasteiger partial charge on any atom is -0.289 e. The molecular weight excluding hydrogens is 354 g/mol. The fraction of sp³-hybridized carbons (Fsp3) is 0.316. The largest absolute Gasteiger partial charge is 0.289 e. The molecule has 0 saturated heterocycles. The van der Waals surface area contributed by atoms with E-state index in [2.05, 4.69) is 20.9 Å². The number of carbonyl (C=O) groups is 2. The molecule has 0 bridgehead atoms. The molecule has 0 spiro atoms. The first-order valence-electron chi connectivity index (χ1n) is 7.66. The number of ketones is 1. The van der Waals surface area contributed by atoms with E-state index in [-0.39, 0.29) is 23.5 Å². The van der Waals surface area contributed by atoms with Crippen LogP contribution in [0.1, 0.15) is 38.1 Å². The maximum absolute atomic E-state index is 12.5. The summed E-state index contributed by atoms with van der Waals surface area (Å²) in [4.78, 5) is 29.0. The molecule has 0 saturated carbocycles. The summed E-state index contributed by atoms with van der Waals surface area (Å²) in [6.45, 7) is 7.89. The van der Waals surface area contributed by atoms with Gasteiger partial charge in [-0.1, -0.05) is 43.6 Å². The summed E-state index contributed by atoms with van der Waals surface area (Å²) >= 11 is 3.34. The molecule has 0 fully saturated rings. The Morgan fingerprint density at radius 3 is 1.87 bits per heavy atom. The zero-order valence-electron chi connectivity index (χ0n) is 13.8. The van der Waals surface area contributed by atoms with Crippen LogP contribution in [0.25, 0.3) is 0 Å². The van der Waals surface area contributed by atoms with Gasteiger partial charge in [0.1, 0.15) is 0 Å². The van der Waals surface area contributed by atoms with E-state index < -0.39 is 0 Å². The van der Waals surface area contributed by atoms with Crippen molar-refractivity contribution in [3.63, 3.8) is 0 Å². The summed E-state index contributed by atoms with van der Waals surface area (Å²) in [5.41, 5.74) is 2.48. The van der Waals surface area contributed by atoms with Gasteiger partial charge >= 0.3 is 0 Å². The van der Waals surface area contributed by atoms with Gasteiger partial charge in [0.25, 0.3) is 5.91 Å². The number of carbonyl (C=O) groups excluding carboxylic acids is 2. The lowest BCUT2D eigenvalue weighted by Crippen LogP contribution is -2.21. The lowest BCUT2D eigenvalue weighted by molar-refractivity contribution is -0.113. The standard InChI is InChI=1S/C19H20BrNO2/c1-11(2)16-9-15(10-17(12(3)4)18(16)22)21-19(23)13-5-7-14(20)8-6-13/h5-12H,1-4H3. The van der Waals surface area contributed by atoms with Crippen molar-refractivity contribution in [3.05, 3.63) is 57.6 Å². The monoisotopic (exact) mass is 373 g/mol. The topological polar surface area (TPSA) is 46.5 Å². The average Bonchev–Trinajstić information content (AvgIpc) is 2.48. The first kappa shape index (κ1) is 17.5. The summed E-state index contributed by atoms with van der Waals surface area (Å²) in [6, 6.07) is 7.07. The molecule has 0 aliphatic heterocycles. The third kappa shape index (κ3) is 4.14. The number of allylic oxidation sites excluding steroid dienone is 4. The van der Waals surface area contributed by atoms with Crippen LogP contribution < -0.4 is 0 Å². The van der Waals surface area contributed by atoms with Crippen LogP contribution >= 0.6 is 15.9 Å². The highest BCUT2D eigenvalue weighted by molar-refractivity contribution is 9.10. The fourth-order valence-electron chi connectivity index (χ4n) is 2.35. The molecule has 1 aliphatic carbocycles. The molecule has 1 aromatic rings. The zero-order chi connectivity index (χ0) is 17.1. The van der Waals surface area contributed by atoms with Gasteiger partial charge in [-0.15, -0.1) is 0 Å². The van der Waals surface area contributed by atoms with Gasteiger partial charge in [0.2, 0.25) is 0 Å². The number of benzene rings is 1. The fourth-order valence-corrected chi connectivity index (χ4v) is 2.62. The van der Waals surface area contributed by atoms with Crippen LogP contribution in [-0.4, -0.2) is 17.4 Å². The minimum absolute atomic E-state index is 0.0602. The molecule has 4 heteroatoms. The van der Waals surface area contributed by atoms with Crippen molar-refractivity contribution < 1.29 is 9.59 Å². The predicted octanol–water partition coefficient (Wildman–Crippen LogP) is 4.78. The Kier molecular flexibility index (Phi) is 5.47. The summed E-state index contributed by atoms with van der Waals surface area (Å²) in [5, 5.41) is 0. The van der Waals surface area contributed by atoms with Crippen molar-refractivity contribution >= 4 is 33.3 Å². The quantitative estimate of drug-likeness (QED) is 0.715. The second-order valence-corrected chi connectivity index (χ2v) is 7.10. The molecule has 0 heterocycles. The molecule has 2 rings (SSSR count). The van der Waals surface area contributed by atoms with Gasteiger partial charge < -0.3 is 0 Å². The van der Waals surface area contributed by atoms with Crippen LogP contribution in [0.2, 0.25) is 0 Å². The predicted molar refractivity (Wildman–Crippen MR) is 96.8 cm³/mol. The number of hydrogen-bond acceptors (Lipinski definition) is 2. The molecule has 0 atom stereocenters. The second kappa shape index (κ2) is 7.18. The normalized spacial score (nSPS) is 14.9. The average molecular weight is 374 g/mol. The summed E-state index contributed by atoms with van der Waals surface area (Å²) < 4.78 is 0.911. The molecule has 0 aromatic heterocycles. The van der Waals surface area contributed by atoms with Crippen LogP contribution in [0.4, 0.5) is 0 Å². The first-order chi connectivity index (χ1) is 10.8. The van der Waals surface area contributed by atoms with E-state index in [1.165, 1.54) is 0 Å². The maximum atomic E-state index is 12.5. The van der Waals surface area contributed by atoms with E-state index in [0.29, 0.717) is 22.4 Å². The number of rotatable bonds is 3. The van der Waals surface area contributed by atoms with E-state index in [1.54, 1.807) is 24.3 Å². The maximum Gasteiger partial charge on any atom is 0.277 e. The number of nitrogens with zero attached hydrogens (tertiary/aromatic N) is 1. The van der Waals surface area contributed by atoms with Crippen LogP contribution in [0.15, 0.2) is 57.0 Å². The number of Topliss-reactive ketones (excluding diaryl/α,β-unsaturated/α-hetero) is 1. The Bertz CT molecular complexity index is 692. The molecule has 1 amide bonds. The highest BCUT2D eigenvalue weighted by atomic mass is 79.9. The molecule has 1 aromatic carbocycles. The SMILES string of the molecule is CC(C)C1=CC(=NC(=O)c2ccc(Br)cc2)C=C(C(C)C)C1=O. The third-order valence-electron chi connectivity index (χ3n) is 3.70. The summed E-state index contributed by atoms with van der Waals surface area (Å²) in [7, 11) is 0. The number of aliphatic imine (C=N–C) groups is 1. The van der Waals surface area contributed by atoms with Crippen molar-refractivity contribution in [1.82, 2.24) is 0 Å². The summed E-state index contributed by atoms with van der Waals surface area (Å²) in [5.74, 6) is -0.0542. The summed E-state index contributed by atoms with van der Waals surface area (Å²) in [6.07, 6.45) is 3.46. The van der Waals surface area contributed by atoms with Gasteiger partial charge in [-0.25, -0.2) is 4.99 Å². The van der Waals surface area contributed by atoms with Crippen LogP contribution in [-0.2, 0) is 4.79 Å². The highest BCUT2D eigenvalue weighted by Crippen LogP contribution is 2.25. The van der Waals surface area contributed by atoms with Crippen molar-refractivity contribution in [3.8, 4) is 0 Å². The van der Waals surface area contributed by atoms with E-state index in [9.17, 15) is 9.59 Å². The Morgan fingerprint density at radius 2 is 1.43 bits per heavy atom. The van der Waals surface area contributed by atoms with E-state index in [0.717, 1.165) is 4.47 Å².